The Morgan fingerprint density at radius 3 is 2.00 bits per heavy atom. The van der Waals surface area contributed by atoms with Crippen LogP contribution in [-0.4, -0.2) is 31.1 Å². The average Bonchev–Trinajstić information content (AvgIpc) is 2.97. The number of rotatable bonds is 16. The van der Waals surface area contributed by atoms with Crippen molar-refractivity contribution in [3.05, 3.63) is 83.9 Å². The third-order valence-electron chi connectivity index (χ3n) is 6.05. The number of carbonyl (C=O) groups is 3. The molecular weight excluding hydrogens is 536 g/mol. The summed E-state index contributed by atoms with van der Waals surface area (Å²) in [5.41, 5.74) is 13.4. The number of ether oxygens (including phenoxy) is 4. The highest BCUT2D eigenvalue weighted by Crippen LogP contribution is 2.19. The average molecular weight is 575 g/mol. The lowest BCUT2D eigenvalue weighted by atomic mass is 10.2. The van der Waals surface area contributed by atoms with E-state index in [9.17, 15) is 14.4 Å². The van der Waals surface area contributed by atoms with E-state index in [1.165, 1.54) is 18.2 Å². The monoisotopic (exact) mass is 574 g/mol. The highest BCUT2D eigenvalue weighted by Gasteiger charge is 2.09. The van der Waals surface area contributed by atoms with Gasteiger partial charge in [-0.1, -0.05) is 31.9 Å². The molecule has 9 heteroatoms. The summed E-state index contributed by atoms with van der Waals surface area (Å²) < 4.78 is 21.6. The highest BCUT2D eigenvalue weighted by atomic mass is 16.5. The molecule has 42 heavy (non-hydrogen) atoms. The van der Waals surface area contributed by atoms with Gasteiger partial charge in [0.15, 0.2) is 0 Å². The Hall–Kier alpha value is -4.79. The summed E-state index contributed by atoms with van der Waals surface area (Å²) in [7, 11) is 0. The predicted molar refractivity (Wildman–Crippen MR) is 162 cm³/mol. The molecule has 0 aromatic heterocycles. The summed E-state index contributed by atoms with van der Waals surface area (Å²) in [5, 5.41) is 0. The van der Waals surface area contributed by atoms with Crippen molar-refractivity contribution >= 4 is 35.4 Å². The summed E-state index contributed by atoms with van der Waals surface area (Å²) in [6.45, 7) is 2.90. The zero-order chi connectivity index (χ0) is 30.2. The maximum Gasteiger partial charge on any atom is 0.338 e. The first kappa shape index (κ1) is 31.7. The second-order valence-electron chi connectivity index (χ2n) is 9.66. The molecule has 3 rings (SSSR count). The van der Waals surface area contributed by atoms with Crippen molar-refractivity contribution in [2.24, 2.45) is 0 Å². The Morgan fingerprint density at radius 1 is 0.714 bits per heavy atom. The topological polar surface area (TPSA) is 140 Å². The minimum atomic E-state index is -0.526. The summed E-state index contributed by atoms with van der Waals surface area (Å²) in [4.78, 5) is 36.1. The fourth-order valence-corrected chi connectivity index (χ4v) is 3.88. The van der Waals surface area contributed by atoms with E-state index in [-0.39, 0.29) is 5.97 Å². The van der Waals surface area contributed by atoms with Crippen LogP contribution in [0, 0.1) is 0 Å². The van der Waals surface area contributed by atoms with E-state index in [0.29, 0.717) is 60.2 Å². The smallest absolute Gasteiger partial charge is 0.338 e. The van der Waals surface area contributed by atoms with Gasteiger partial charge in [-0.15, -0.1) is 0 Å². The van der Waals surface area contributed by atoms with Gasteiger partial charge < -0.3 is 30.4 Å². The van der Waals surface area contributed by atoms with Gasteiger partial charge in [-0.25, -0.2) is 9.59 Å². The minimum Gasteiger partial charge on any atom is -0.494 e. The van der Waals surface area contributed by atoms with E-state index < -0.39 is 11.9 Å². The van der Waals surface area contributed by atoms with Crippen LogP contribution in [0.2, 0.25) is 0 Å². The molecule has 0 fully saturated rings. The van der Waals surface area contributed by atoms with E-state index in [4.69, 9.17) is 30.4 Å². The second kappa shape index (κ2) is 17.1. The molecule has 9 nitrogen and oxygen atoms in total. The molecule has 0 radical (unpaired) electrons. The molecule has 0 aliphatic carbocycles. The number of nitrogen functional groups attached to an aromatic ring is 2. The number of anilines is 2. The third kappa shape index (κ3) is 11.8. The maximum absolute atomic E-state index is 12.2. The molecule has 0 aliphatic heterocycles. The molecule has 0 unspecified atom stereocenters. The van der Waals surface area contributed by atoms with Gasteiger partial charge in [0.05, 0.1) is 18.8 Å². The van der Waals surface area contributed by atoms with E-state index in [1.807, 2.05) is 24.3 Å². The molecule has 3 aromatic rings. The van der Waals surface area contributed by atoms with Crippen molar-refractivity contribution in [1.82, 2.24) is 0 Å². The van der Waals surface area contributed by atoms with Crippen molar-refractivity contribution in [3.63, 3.8) is 0 Å². The van der Waals surface area contributed by atoms with Crippen LogP contribution in [-0.2, 0) is 14.3 Å². The first-order chi connectivity index (χ1) is 20.3. The van der Waals surface area contributed by atoms with Crippen LogP contribution >= 0.6 is 0 Å². The maximum atomic E-state index is 12.2. The van der Waals surface area contributed by atoms with Crippen LogP contribution in [0.4, 0.5) is 11.4 Å². The number of benzene rings is 3. The summed E-state index contributed by atoms with van der Waals surface area (Å²) in [6, 6.07) is 18.3. The molecule has 4 N–H and O–H groups in total. The first-order valence-electron chi connectivity index (χ1n) is 14.1. The van der Waals surface area contributed by atoms with Crippen molar-refractivity contribution in [3.8, 4) is 17.2 Å². The lowest BCUT2D eigenvalue weighted by Crippen LogP contribution is -2.08. The van der Waals surface area contributed by atoms with Gasteiger partial charge in [0.2, 0.25) is 0 Å². The van der Waals surface area contributed by atoms with Crippen LogP contribution in [0.15, 0.2) is 72.8 Å². The predicted octanol–water partition coefficient (Wildman–Crippen LogP) is 6.36. The molecule has 3 aromatic carbocycles. The molecule has 0 saturated heterocycles. The van der Waals surface area contributed by atoms with Gasteiger partial charge >= 0.3 is 17.9 Å². The Morgan fingerprint density at radius 2 is 1.33 bits per heavy atom. The second-order valence-corrected chi connectivity index (χ2v) is 9.66. The fourth-order valence-electron chi connectivity index (χ4n) is 3.88. The number of nitrogens with two attached hydrogens (primary N) is 2. The zero-order valence-electron chi connectivity index (χ0n) is 23.9. The van der Waals surface area contributed by atoms with Crippen LogP contribution in [0.1, 0.15) is 67.8 Å². The van der Waals surface area contributed by atoms with Crippen molar-refractivity contribution in [2.45, 2.75) is 51.9 Å². The van der Waals surface area contributed by atoms with Gasteiger partial charge in [0, 0.05) is 23.9 Å². The lowest BCUT2D eigenvalue weighted by Gasteiger charge is -2.08. The van der Waals surface area contributed by atoms with Crippen LogP contribution < -0.4 is 25.7 Å². The summed E-state index contributed by atoms with van der Waals surface area (Å²) in [6.07, 6.45) is 8.55. The standard InChI is InChI=1S/C33H38N2O7/c1-2-3-5-8-31(36)41-29-14-16-30(17-15-29)42-32(37)18-11-24-9-12-28(13-10-24)39-19-6-4-7-20-40-33(38)25-21-26(34)23-27(35)22-25/h9-18,21-23H,2-8,19-20,34-35H2,1H3. The molecule has 0 saturated carbocycles. The molecule has 0 spiro atoms. The van der Waals surface area contributed by atoms with Gasteiger partial charge in [-0.2, -0.15) is 0 Å². The minimum absolute atomic E-state index is 0.273. The van der Waals surface area contributed by atoms with Gasteiger partial charge in [-0.05, 0) is 91.9 Å². The van der Waals surface area contributed by atoms with Crippen molar-refractivity contribution in [1.29, 1.82) is 0 Å². The van der Waals surface area contributed by atoms with Crippen molar-refractivity contribution in [2.75, 3.05) is 24.7 Å². The molecule has 0 amide bonds. The Balaban J connectivity index is 1.30. The molecular formula is C33H38N2O7. The zero-order valence-corrected chi connectivity index (χ0v) is 23.9. The highest BCUT2D eigenvalue weighted by molar-refractivity contribution is 5.91. The SMILES string of the molecule is CCCCCC(=O)Oc1ccc(OC(=O)C=Cc2ccc(OCCCCCOC(=O)c3cc(N)cc(N)c3)cc2)cc1. The van der Waals surface area contributed by atoms with Gasteiger partial charge in [-0.3, -0.25) is 4.79 Å². The molecule has 0 heterocycles. The Labute approximate surface area is 246 Å². The molecule has 0 bridgehead atoms. The third-order valence-corrected chi connectivity index (χ3v) is 6.05. The lowest BCUT2D eigenvalue weighted by molar-refractivity contribution is -0.134. The Kier molecular flexibility index (Phi) is 12.9. The number of hydrogen-bond donors (Lipinski definition) is 2. The first-order valence-corrected chi connectivity index (χ1v) is 14.1. The van der Waals surface area contributed by atoms with Crippen LogP contribution in [0.25, 0.3) is 6.08 Å². The molecule has 0 atom stereocenters. The molecule has 222 valence electrons. The number of carbonyl (C=O) groups excluding carboxylic acids is 3. The van der Waals surface area contributed by atoms with Crippen LogP contribution in [0.5, 0.6) is 17.2 Å². The number of unbranched alkanes of at least 4 members (excludes halogenated alkanes) is 4. The van der Waals surface area contributed by atoms with E-state index in [1.54, 1.807) is 36.4 Å². The van der Waals surface area contributed by atoms with E-state index in [0.717, 1.165) is 37.7 Å². The molecule has 0 aliphatic rings. The van der Waals surface area contributed by atoms with Crippen LogP contribution in [0.3, 0.4) is 0 Å². The summed E-state index contributed by atoms with van der Waals surface area (Å²) in [5.74, 6) is 0.234. The Bertz CT molecular complexity index is 1320. The quantitative estimate of drug-likeness (QED) is 0.0657. The van der Waals surface area contributed by atoms with E-state index >= 15 is 0 Å². The van der Waals surface area contributed by atoms with E-state index in [2.05, 4.69) is 6.92 Å². The number of hydrogen-bond acceptors (Lipinski definition) is 9. The summed E-state index contributed by atoms with van der Waals surface area (Å²) >= 11 is 0. The van der Waals surface area contributed by atoms with Crippen molar-refractivity contribution < 1.29 is 33.3 Å². The van der Waals surface area contributed by atoms with Gasteiger partial charge in [0.1, 0.15) is 17.2 Å². The largest absolute Gasteiger partial charge is 0.494 e. The number of esters is 3. The van der Waals surface area contributed by atoms with Gasteiger partial charge in [0.25, 0.3) is 0 Å². The fraction of sp³-hybridized carbons (Fsp3) is 0.303. The normalized spacial score (nSPS) is 10.8.